The number of hydrogen-bond donors (Lipinski definition) is 0. The van der Waals surface area contributed by atoms with E-state index in [1.54, 1.807) is 0 Å². The van der Waals surface area contributed by atoms with Gasteiger partial charge in [0.15, 0.2) is 0 Å². The van der Waals surface area contributed by atoms with Crippen LogP contribution in [0.1, 0.15) is 24.3 Å². The van der Waals surface area contributed by atoms with Crippen molar-refractivity contribution in [3.63, 3.8) is 0 Å². The highest BCUT2D eigenvalue weighted by atomic mass is 16.5. The molecular weight excluding hydrogens is 270 g/mol. The zero-order valence-corrected chi connectivity index (χ0v) is 12.5. The van der Waals surface area contributed by atoms with Crippen molar-refractivity contribution < 1.29 is 9.15 Å². The SMILES string of the molecule is CCc1nnc(CN2CCO[C@H](Cn3cc(C)cn3)C2)o1. The summed E-state index contributed by atoms with van der Waals surface area (Å²) in [5.74, 6) is 1.38. The van der Waals surface area contributed by atoms with Crippen LogP contribution in [0.3, 0.4) is 0 Å². The predicted octanol–water partition coefficient (Wildman–Crippen LogP) is 1.04. The second-order valence-electron chi connectivity index (χ2n) is 5.41. The highest BCUT2D eigenvalue weighted by molar-refractivity contribution is 4.99. The van der Waals surface area contributed by atoms with Gasteiger partial charge in [-0.25, -0.2) is 0 Å². The standard InChI is InChI=1S/C14H21N5O2/c1-3-13-16-17-14(21-13)10-18-4-5-20-12(8-18)9-19-7-11(2)6-15-19/h6-7,12H,3-5,8-10H2,1-2H3/t12-/m0/s1. The van der Waals surface area contributed by atoms with Gasteiger partial charge in [-0.3, -0.25) is 9.58 Å². The largest absolute Gasteiger partial charge is 0.424 e. The molecule has 0 amide bonds. The maximum absolute atomic E-state index is 5.82. The lowest BCUT2D eigenvalue weighted by atomic mass is 10.2. The first-order valence-electron chi connectivity index (χ1n) is 7.37. The van der Waals surface area contributed by atoms with Crippen molar-refractivity contribution in [1.82, 2.24) is 24.9 Å². The molecule has 7 heteroatoms. The monoisotopic (exact) mass is 291 g/mol. The number of hydrogen-bond acceptors (Lipinski definition) is 6. The van der Waals surface area contributed by atoms with Crippen molar-refractivity contribution in [2.45, 2.75) is 39.5 Å². The minimum atomic E-state index is 0.145. The molecule has 3 heterocycles. The van der Waals surface area contributed by atoms with E-state index in [1.165, 1.54) is 5.56 Å². The number of aromatic nitrogens is 4. The highest BCUT2D eigenvalue weighted by Crippen LogP contribution is 2.12. The Kier molecular flexibility index (Phi) is 4.31. The average Bonchev–Trinajstić information content (AvgIpc) is 3.08. The summed E-state index contributed by atoms with van der Waals surface area (Å²) >= 11 is 0. The zero-order valence-electron chi connectivity index (χ0n) is 12.5. The Morgan fingerprint density at radius 3 is 2.90 bits per heavy atom. The lowest BCUT2D eigenvalue weighted by molar-refractivity contribution is -0.0423. The number of rotatable bonds is 5. The molecule has 1 saturated heterocycles. The summed E-state index contributed by atoms with van der Waals surface area (Å²) in [4.78, 5) is 2.29. The minimum absolute atomic E-state index is 0.145. The van der Waals surface area contributed by atoms with Gasteiger partial charge in [0.2, 0.25) is 11.8 Å². The Hall–Kier alpha value is -1.73. The van der Waals surface area contributed by atoms with Crippen LogP contribution in [0.25, 0.3) is 0 Å². The molecule has 1 fully saturated rings. The topological polar surface area (TPSA) is 69.2 Å². The number of morpholine rings is 1. The normalized spacial score (nSPS) is 20.0. The third-order valence-electron chi connectivity index (χ3n) is 3.55. The summed E-state index contributed by atoms with van der Waals surface area (Å²) in [6, 6.07) is 0. The molecule has 21 heavy (non-hydrogen) atoms. The summed E-state index contributed by atoms with van der Waals surface area (Å²) in [6.45, 7) is 7.97. The van der Waals surface area contributed by atoms with Gasteiger partial charge in [-0.1, -0.05) is 6.92 Å². The van der Waals surface area contributed by atoms with Crippen LogP contribution < -0.4 is 0 Å². The Labute approximate surface area is 123 Å². The van der Waals surface area contributed by atoms with Crippen molar-refractivity contribution >= 4 is 0 Å². The van der Waals surface area contributed by atoms with Crippen molar-refractivity contribution in [1.29, 1.82) is 0 Å². The van der Waals surface area contributed by atoms with Crippen LogP contribution in [0.2, 0.25) is 0 Å². The fourth-order valence-electron chi connectivity index (χ4n) is 2.50. The van der Waals surface area contributed by atoms with Gasteiger partial charge in [0, 0.05) is 25.7 Å². The molecule has 3 rings (SSSR count). The van der Waals surface area contributed by atoms with Crippen molar-refractivity contribution in [2.75, 3.05) is 19.7 Å². The molecule has 0 saturated carbocycles. The highest BCUT2D eigenvalue weighted by Gasteiger charge is 2.22. The summed E-state index contributed by atoms with van der Waals surface area (Å²) in [5, 5.41) is 12.4. The van der Waals surface area contributed by atoms with E-state index >= 15 is 0 Å². The summed E-state index contributed by atoms with van der Waals surface area (Å²) in [5.41, 5.74) is 1.17. The molecule has 1 atom stereocenters. The van der Waals surface area contributed by atoms with Gasteiger partial charge < -0.3 is 9.15 Å². The third-order valence-corrected chi connectivity index (χ3v) is 3.55. The predicted molar refractivity (Wildman–Crippen MR) is 75.7 cm³/mol. The van der Waals surface area contributed by atoms with Crippen molar-refractivity contribution in [3.05, 3.63) is 29.7 Å². The fourth-order valence-corrected chi connectivity index (χ4v) is 2.50. The average molecular weight is 291 g/mol. The van der Waals surface area contributed by atoms with Crippen LogP contribution >= 0.6 is 0 Å². The summed E-state index contributed by atoms with van der Waals surface area (Å²) < 4.78 is 13.3. The maximum atomic E-state index is 5.82. The molecule has 7 nitrogen and oxygen atoms in total. The van der Waals surface area contributed by atoms with Gasteiger partial charge in [-0.2, -0.15) is 5.10 Å². The van der Waals surface area contributed by atoms with E-state index in [2.05, 4.69) is 20.2 Å². The molecule has 0 aromatic carbocycles. The molecule has 2 aromatic heterocycles. The van der Waals surface area contributed by atoms with Crippen LogP contribution in [0.15, 0.2) is 16.8 Å². The van der Waals surface area contributed by atoms with Gasteiger partial charge in [0.05, 0.1) is 32.0 Å². The molecular formula is C14H21N5O2. The lowest BCUT2D eigenvalue weighted by Crippen LogP contribution is -2.43. The smallest absolute Gasteiger partial charge is 0.230 e. The number of nitrogens with zero attached hydrogens (tertiary/aromatic N) is 5. The van der Waals surface area contributed by atoms with E-state index < -0.39 is 0 Å². The van der Waals surface area contributed by atoms with Gasteiger partial charge in [0.25, 0.3) is 0 Å². The molecule has 0 N–H and O–H groups in total. The van der Waals surface area contributed by atoms with Crippen LogP contribution in [-0.2, 0) is 24.2 Å². The molecule has 1 aliphatic heterocycles. The van der Waals surface area contributed by atoms with E-state index in [0.717, 1.165) is 32.7 Å². The Balaban J connectivity index is 1.55. The first kappa shape index (κ1) is 14.2. The Morgan fingerprint density at radius 1 is 1.33 bits per heavy atom. The Morgan fingerprint density at radius 2 is 2.19 bits per heavy atom. The minimum Gasteiger partial charge on any atom is -0.424 e. The molecule has 0 unspecified atom stereocenters. The maximum Gasteiger partial charge on any atom is 0.230 e. The van der Waals surface area contributed by atoms with E-state index in [4.69, 9.17) is 9.15 Å². The van der Waals surface area contributed by atoms with Crippen LogP contribution in [0, 0.1) is 6.92 Å². The molecule has 0 radical (unpaired) electrons. The van der Waals surface area contributed by atoms with Crippen LogP contribution in [0.5, 0.6) is 0 Å². The lowest BCUT2D eigenvalue weighted by Gasteiger charge is -2.31. The fraction of sp³-hybridized carbons (Fsp3) is 0.643. The van der Waals surface area contributed by atoms with Gasteiger partial charge in [-0.15, -0.1) is 10.2 Å². The molecule has 0 spiro atoms. The van der Waals surface area contributed by atoms with Crippen LogP contribution in [-0.4, -0.2) is 50.7 Å². The second-order valence-corrected chi connectivity index (χ2v) is 5.41. The van der Waals surface area contributed by atoms with Crippen LogP contribution in [0.4, 0.5) is 0 Å². The number of aryl methyl sites for hydroxylation is 2. The van der Waals surface area contributed by atoms with Gasteiger partial charge >= 0.3 is 0 Å². The van der Waals surface area contributed by atoms with E-state index in [1.807, 2.05) is 30.9 Å². The molecule has 0 bridgehead atoms. The molecule has 0 aliphatic carbocycles. The van der Waals surface area contributed by atoms with E-state index in [9.17, 15) is 0 Å². The van der Waals surface area contributed by atoms with Gasteiger partial charge in [-0.05, 0) is 12.5 Å². The second kappa shape index (κ2) is 6.36. The molecule has 2 aromatic rings. The first-order chi connectivity index (χ1) is 10.2. The van der Waals surface area contributed by atoms with E-state index in [0.29, 0.717) is 18.3 Å². The summed E-state index contributed by atoms with van der Waals surface area (Å²) in [7, 11) is 0. The molecule has 114 valence electrons. The first-order valence-corrected chi connectivity index (χ1v) is 7.37. The quantitative estimate of drug-likeness (QED) is 0.820. The van der Waals surface area contributed by atoms with Crippen molar-refractivity contribution in [3.8, 4) is 0 Å². The van der Waals surface area contributed by atoms with E-state index in [-0.39, 0.29) is 6.10 Å². The molecule has 1 aliphatic rings. The zero-order chi connectivity index (χ0) is 14.7. The Bertz CT molecular complexity index is 579. The van der Waals surface area contributed by atoms with Gasteiger partial charge in [0.1, 0.15) is 0 Å². The van der Waals surface area contributed by atoms with Crippen molar-refractivity contribution in [2.24, 2.45) is 0 Å². The third kappa shape index (κ3) is 3.68. The summed E-state index contributed by atoms with van der Waals surface area (Å²) in [6.07, 6.45) is 4.82. The number of ether oxygens (including phenoxy) is 1.